The Balaban J connectivity index is 1.66. The van der Waals surface area contributed by atoms with Gasteiger partial charge in [0.1, 0.15) is 23.2 Å². The second-order valence-electron chi connectivity index (χ2n) is 8.71. The third kappa shape index (κ3) is 4.84. The minimum absolute atomic E-state index is 0.217. The van der Waals surface area contributed by atoms with E-state index in [0.29, 0.717) is 56.8 Å². The maximum absolute atomic E-state index is 13.8. The molecule has 2 aromatic rings. The van der Waals surface area contributed by atoms with Crippen LogP contribution in [0.3, 0.4) is 0 Å². The molecule has 1 amide bonds. The predicted molar refractivity (Wildman–Crippen MR) is 123 cm³/mol. The van der Waals surface area contributed by atoms with Gasteiger partial charge in [0.05, 0.1) is 14.2 Å². The lowest BCUT2D eigenvalue weighted by Gasteiger charge is -2.34. The van der Waals surface area contributed by atoms with Crippen LogP contribution in [0.15, 0.2) is 35.1 Å². The number of carbonyl (C=O) groups excluding carboxylic acids is 2. The van der Waals surface area contributed by atoms with Gasteiger partial charge in [0, 0.05) is 50.9 Å². The standard InChI is InChI=1S/C25H30FN3O5/c1-33-21-15-22(30)28-13-12-27(16-17-6-5-7-18(26)14-17)11-9-19(28)23(21)24(31)29-10-4-3-8-20(29)25(32)34-2/h5-7,14-15,20H,3-4,8-13,16H2,1-2H3/t20-/m1/s1. The molecule has 2 aliphatic rings. The van der Waals surface area contributed by atoms with Gasteiger partial charge in [-0.3, -0.25) is 14.5 Å². The monoisotopic (exact) mass is 471 g/mol. The van der Waals surface area contributed by atoms with E-state index >= 15 is 0 Å². The number of rotatable bonds is 5. The van der Waals surface area contributed by atoms with Crippen molar-refractivity contribution in [1.82, 2.24) is 14.4 Å². The fourth-order valence-electron chi connectivity index (χ4n) is 4.94. The van der Waals surface area contributed by atoms with Crippen molar-refractivity contribution in [2.24, 2.45) is 0 Å². The Morgan fingerprint density at radius 3 is 2.65 bits per heavy atom. The Morgan fingerprint density at radius 1 is 1.09 bits per heavy atom. The number of ether oxygens (including phenoxy) is 2. The highest BCUT2D eigenvalue weighted by Crippen LogP contribution is 2.28. The van der Waals surface area contributed by atoms with Gasteiger partial charge in [0.15, 0.2) is 0 Å². The van der Waals surface area contributed by atoms with Gasteiger partial charge in [-0.25, -0.2) is 9.18 Å². The SMILES string of the molecule is COC(=O)[C@H]1CCCCN1C(=O)c1c(OC)cc(=O)n2c1CCN(Cc1cccc(F)c1)CC2. The van der Waals surface area contributed by atoms with Gasteiger partial charge < -0.3 is 18.9 Å². The summed E-state index contributed by atoms with van der Waals surface area (Å²) in [6.45, 7) is 2.54. The number of hydrogen-bond donors (Lipinski definition) is 0. The van der Waals surface area contributed by atoms with E-state index in [4.69, 9.17) is 9.47 Å². The molecule has 8 nitrogen and oxygen atoms in total. The fourth-order valence-corrected chi connectivity index (χ4v) is 4.94. The molecule has 1 aromatic carbocycles. The Bertz CT molecular complexity index is 1130. The van der Waals surface area contributed by atoms with E-state index in [1.807, 2.05) is 6.07 Å². The van der Waals surface area contributed by atoms with Gasteiger partial charge in [-0.1, -0.05) is 12.1 Å². The van der Waals surface area contributed by atoms with Crippen molar-refractivity contribution in [3.05, 3.63) is 63.3 Å². The van der Waals surface area contributed by atoms with Crippen molar-refractivity contribution < 1.29 is 23.5 Å². The molecule has 1 aromatic heterocycles. The summed E-state index contributed by atoms with van der Waals surface area (Å²) in [6, 6.07) is 7.16. The van der Waals surface area contributed by atoms with Crippen molar-refractivity contribution in [3.8, 4) is 5.75 Å². The maximum atomic E-state index is 13.8. The van der Waals surface area contributed by atoms with Crippen molar-refractivity contribution in [1.29, 1.82) is 0 Å². The zero-order valence-corrected chi connectivity index (χ0v) is 19.6. The second kappa shape index (κ2) is 10.4. The molecule has 1 fully saturated rings. The van der Waals surface area contributed by atoms with Gasteiger partial charge in [-0.15, -0.1) is 0 Å². The van der Waals surface area contributed by atoms with Crippen molar-refractivity contribution >= 4 is 11.9 Å². The number of hydrogen-bond acceptors (Lipinski definition) is 6. The van der Waals surface area contributed by atoms with Crippen molar-refractivity contribution in [2.75, 3.05) is 33.9 Å². The van der Waals surface area contributed by atoms with Crippen molar-refractivity contribution in [3.63, 3.8) is 0 Å². The summed E-state index contributed by atoms with van der Waals surface area (Å²) in [5.41, 5.74) is 1.54. The first-order valence-corrected chi connectivity index (χ1v) is 11.6. The Kier molecular flexibility index (Phi) is 7.31. The van der Waals surface area contributed by atoms with Crippen LogP contribution >= 0.6 is 0 Å². The molecule has 182 valence electrons. The zero-order valence-electron chi connectivity index (χ0n) is 19.6. The molecule has 0 bridgehead atoms. The number of methoxy groups -OCH3 is 2. The third-order valence-electron chi connectivity index (χ3n) is 6.65. The number of aromatic nitrogens is 1. The van der Waals surface area contributed by atoms with Crippen LogP contribution in [-0.2, 0) is 29.0 Å². The van der Waals surface area contributed by atoms with Crippen LogP contribution in [0, 0.1) is 5.82 Å². The normalized spacial score (nSPS) is 18.7. The molecule has 1 saturated heterocycles. The van der Waals surface area contributed by atoms with Crippen LogP contribution in [-0.4, -0.2) is 66.1 Å². The van der Waals surface area contributed by atoms with E-state index in [0.717, 1.165) is 18.4 Å². The van der Waals surface area contributed by atoms with Crippen LogP contribution in [0.1, 0.15) is 40.9 Å². The molecular formula is C25H30FN3O5. The van der Waals surface area contributed by atoms with E-state index in [9.17, 15) is 18.8 Å². The number of pyridine rings is 1. The first-order valence-electron chi connectivity index (χ1n) is 11.6. The molecular weight excluding hydrogens is 441 g/mol. The summed E-state index contributed by atoms with van der Waals surface area (Å²) in [6.07, 6.45) is 2.61. The van der Waals surface area contributed by atoms with Crippen LogP contribution < -0.4 is 10.3 Å². The van der Waals surface area contributed by atoms with E-state index in [1.165, 1.54) is 32.4 Å². The molecule has 4 rings (SSSR count). The summed E-state index contributed by atoms with van der Waals surface area (Å²) in [5, 5.41) is 0. The van der Waals surface area contributed by atoms with Gasteiger partial charge in [-0.05, 0) is 37.0 Å². The number of carbonyl (C=O) groups is 2. The summed E-state index contributed by atoms with van der Waals surface area (Å²) >= 11 is 0. The topological polar surface area (TPSA) is 81.1 Å². The number of benzene rings is 1. The summed E-state index contributed by atoms with van der Waals surface area (Å²) in [4.78, 5) is 42.7. The minimum atomic E-state index is -0.654. The molecule has 0 saturated carbocycles. The van der Waals surface area contributed by atoms with Crippen LogP contribution in [0.5, 0.6) is 5.75 Å². The first kappa shape index (κ1) is 23.9. The molecule has 0 aliphatic carbocycles. The smallest absolute Gasteiger partial charge is 0.328 e. The lowest BCUT2D eigenvalue weighted by Crippen LogP contribution is -2.49. The Labute approximate surface area is 197 Å². The van der Waals surface area contributed by atoms with Gasteiger partial charge in [0.25, 0.3) is 11.5 Å². The number of amides is 1. The molecule has 1 atom stereocenters. The first-order chi connectivity index (χ1) is 16.4. The lowest BCUT2D eigenvalue weighted by atomic mass is 9.99. The van der Waals surface area contributed by atoms with E-state index in [-0.39, 0.29) is 23.0 Å². The number of halogens is 1. The fraction of sp³-hybridized carbons (Fsp3) is 0.480. The predicted octanol–water partition coefficient (Wildman–Crippen LogP) is 2.22. The molecule has 0 spiro atoms. The summed E-state index contributed by atoms with van der Waals surface area (Å²) in [7, 11) is 2.75. The molecule has 9 heteroatoms. The average molecular weight is 472 g/mol. The van der Waals surface area contributed by atoms with Gasteiger partial charge >= 0.3 is 5.97 Å². The second-order valence-corrected chi connectivity index (χ2v) is 8.71. The molecule has 0 N–H and O–H groups in total. The number of esters is 1. The Morgan fingerprint density at radius 2 is 1.91 bits per heavy atom. The number of nitrogens with zero attached hydrogens (tertiary/aromatic N) is 3. The summed E-state index contributed by atoms with van der Waals surface area (Å²) in [5.74, 6) is -0.832. The molecule has 0 unspecified atom stereocenters. The number of likely N-dealkylation sites (tertiary alicyclic amines) is 1. The number of piperidine rings is 1. The summed E-state index contributed by atoms with van der Waals surface area (Å²) < 4.78 is 25.7. The molecule has 3 heterocycles. The maximum Gasteiger partial charge on any atom is 0.328 e. The highest BCUT2D eigenvalue weighted by molar-refractivity contribution is 6.00. The van der Waals surface area contributed by atoms with Crippen molar-refractivity contribution in [2.45, 2.75) is 44.8 Å². The lowest BCUT2D eigenvalue weighted by molar-refractivity contribution is -0.147. The quantitative estimate of drug-likeness (QED) is 0.622. The van der Waals surface area contributed by atoms with Gasteiger partial charge in [0.2, 0.25) is 0 Å². The van der Waals surface area contributed by atoms with Crippen LogP contribution in [0.2, 0.25) is 0 Å². The third-order valence-corrected chi connectivity index (χ3v) is 6.65. The highest BCUT2D eigenvalue weighted by atomic mass is 19.1. The number of fused-ring (bicyclic) bond motifs is 1. The van der Waals surface area contributed by atoms with E-state index < -0.39 is 12.0 Å². The molecule has 2 aliphatic heterocycles. The van der Waals surface area contributed by atoms with E-state index in [1.54, 1.807) is 15.5 Å². The minimum Gasteiger partial charge on any atom is -0.496 e. The Hall–Kier alpha value is -3.20. The zero-order chi connectivity index (χ0) is 24.2. The average Bonchev–Trinajstić information content (AvgIpc) is 3.06. The van der Waals surface area contributed by atoms with E-state index in [2.05, 4.69) is 4.90 Å². The molecule has 0 radical (unpaired) electrons. The largest absolute Gasteiger partial charge is 0.496 e. The molecule has 34 heavy (non-hydrogen) atoms. The van der Waals surface area contributed by atoms with Crippen LogP contribution in [0.4, 0.5) is 4.39 Å². The highest BCUT2D eigenvalue weighted by Gasteiger charge is 2.36. The van der Waals surface area contributed by atoms with Crippen LogP contribution in [0.25, 0.3) is 0 Å². The van der Waals surface area contributed by atoms with Gasteiger partial charge in [-0.2, -0.15) is 0 Å².